The molecule has 6 heteroatoms. The van der Waals surface area contributed by atoms with Gasteiger partial charge in [-0.05, 0) is 41.5 Å². The van der Waals surface area contributed by atoms with Crippen LogP contribution in [0.5, 0.6) is 0 Å². The Morgan fingerprint density at radius 2 is 0.978 bits per heavy atom. The highest BCUT2D eigenvalue weighted by Gasteiger charge is 2.49. The highest BCUT2D eigenvalue weighted by atomic mass is 16.7. The molecule has 0 radical (unpaired) electrons. The van der Waals surface area contributed by atoms with Crippen molar-refractivity contribution in [2.24, 2.45) is 0 Å². The van der Waals surface area contributed by atoms with Gasteiger partial charge in [0.2, 0.25) is 0 Å². The molecule has 0 unspecified atom stereocenters. The van der Waals surface area contributed by atoms with Gasteiger partial charge in [-0.25, -0.2) is 0 Å². The van der Waals surface area contributed by atoms with E-state index in [0.717, 1.165) is 41.5 Å². The molecule has 46 heavy (non-hydrogen) atoms. The maximum atomic E-state index is 6.76. The molecule has 0 aromatic heterocycles. The van der Waals surface area contributed by atoms with Gasteiger partial charge in [-0.2, -0.15) is 0 Å². The summed E-state index contributed by atoms with van der Waals surface area (Å²) in [6.07, 6.45) is 2.10. The van der Waals surface area contributed by atoms with E-state index >= 15 is 0 Å². The van der Waals surface area contributed by atoms with Gasteiger partial charge >= 0.3 is 0 Å². The minimum Gasteiger partial charge on any atom is -0.374 e. The average Bonchev–Trinajstić information content (AvgIpc) is 3.11. The van der Waals surface area contributed by atoms with E-state index in [9.17, 15) is 0 Å². The number of allylic oxidation sites excluding steroid dienone is 1. The Kier molecular flexibility index (Phi) is 14.0. The van der Waals surface area contributed by atoms with Crippen LogP contribution in [0.3, 0.4) is 0 Å². The molecular weight excluding hydrogens is 576 g/mol. The normalized spacial score (nSPS) is 21.2. The average molecular weight is 623 g/mol. The molecule has 5 atom stereocenters. The number of ether oxygens (including phenoxy) is 6. The Hall–Kier alpha value is -3.62. The number of hydrogen-bond acceptors (Lipinski definition) is 6. The van der Waals surface area contributed by atoms with Crippen LogP contribution in [0.4, 0.5) is 0 Å². The summed E-state index contributed by atoms with van der Waals surface area (Å²) in [6, 6.07) is 40.6. The van der Waals surface area contributed by atoms with E-state index in [1.54, 1.807) is 0 Å². The fourth-order valence-electron chi connectivity index (χ4n) is 5.47. The molecule has 0 amide bonds. The molecule has 1 aliphatic rings. The molecule has 1 saturated heterocycles. The fourth-order valence-corrected chi connectivity index (χ4v) is 5.47. The van der Waals surface area contributed by atoms with Gasteiger partial charge in [0, 0.05) is 6.61 Å². The SMILES string of the molecule is C=CCCCCO[C@@H]1O[C@H](COCc2ccccc2)[C@@H](OCc2ccccc2)[C@H](OCc2ccccc2)[C@H]1OCc1ccccc1. The summed E-state index contributed by atoms with van der Waals surface area (Å²) in [5, 5.41) is 0. The summed E-state index contributed by atoms with van der Waals surface area (Å²) in [6.45, 7) is 6.32. The van der Waals surface area contributed by atoms with Gasteiger partial charge in [0.25, 0.3) is 0 Å². The van der Waals surface area contributed by atoms with Crippen molar-refractivity contribution in [3.63, 3.8) is 0 Å². The molecule has 4 aromatic carbocycles. The van der Waals surface area contributed by atoms with E-state index in [2.05, 4.69) is 55.1 Å². The summed E-state index contributed by atoms with van der Waals surface area (Å²) in [5.74, 6) is 0. The number of unbranched alkanes of at least 4 members (excludes halogenated alkanes) is 2. The first-order chi connectivity index (χ1) is 22.8. The van der Waals surface area contributed by atoms with Crippen molar-refractivity contribution in [1.29, 1.82) is 0 Å². The second kappa shape index (κ2) is 19.1. The molecule has 242 valence electrons. The predicted molar refractivity (Wildman–Crippen MR) is 180 cm³/mol. The Labute approximate surface area is 273 Å². The summed E-state index contributed by atoms with van der Waals surface area (Å²) in [5.41, 5.74) is 4.28. The Morgan fingerprint density at radius 3 is 1.48 bits per heavy atom. The lowest BCUT2D eigenvalue weighted by atomic mass is 9.97. The quantitative estimate of drug-likeness (QED) is 0.0779. The lowest BCUT2D eigenvalue weighted by Gasteiger charge is -2.46. The maximum Gasteiger partial charge on any atom is 0.186 e. The third-order valence-corrected chi connectivity index (χ3v) is 7.93. The smallest absolute Gasteiger partial charge is 0.186 e. The lowest BCUT2D eigenvalue weighted by Crippen LogP contribution is -2.61. The third kappa shape index (κ3) is 10.7. The first kappa shape index (κ1) is 33.7. The van der Waals surface area contributed by atoms with Crippen molar-refractivity contribution >= 4 is 0 Å². The first-order valence-corrected chi connectivity index (χ1v) is 16.3. The van der Waals surface area contributed by atoms with Crippen LogP contribution in [0, 0.1) is 0 Å². The Bertz CT molecular complexity index is 1370. The summed E-state index contributed by atoms with van der Waals surface area (Å²) in [4.78, 5) is 0. The highest BCUT2D eigenvalue weighted by Crippen LogP contribution is 2.32. The fraction of sp³-hybridized carbons (Fsp3) is 0.350. The van der Waals surface area contributed by atoms with Crippen LogP contribution in [0.25, 0.3) is 0 Å². The molecule has 0 aliphatic carbocycles. The van der Waals surface area contributed by atoms with E-state index in [1.807, 2.05) is 78.9 Å². The molecule has 0 saturated carbocycles. The van der Waals surface area contributed by atoms with E-state index in [1.165, 1.54) is 0 Å². The molecule has 0 spiro atoms. The highest BCUT2D eigenvalue weighted by molar-refractivity contribution is 5.16. The van der Waals surface area contributed by atoms with Gasteiger partial charge in [0.15, 0.2) is 6.29 Å². The summed E-state index contributed by atoms with van der Waals surface area (Å²) < 4.78 is 39.5. The molecular formula is C40H46O6. The van der Waals surface area contributed by atoms with Gasteiger partial charge in [0.1, 0.15) is 24.4 Å². The molecule has 1 heterocycles. The molecule has 0 bridgehead atoms. The van der Waals surface area contributed by atoms with Crippen molar-refractivity contribution in [2.45, 2.75) is 76.4 Å². The maximum absolute atomic E-state index is 6.76. The van der Waals surface area contributed by atoms with Crippen LogP contribution in [-0.2, 0) is 54.8 Å². The van der Waals surface area contributed by atoms with Crippen LogP contribution in [-0.4, -0.2) is 43.9 Å². The molecule has 1 fully saturated rings. The zero-order valence-corrected chi connectivity index (χ0v) is 26.5. The number of benzene rings is 4. The lowest BCUT2D eigenvalue weighted by molar-refractivity contribution is -0.328. The van der Waals surface area contributed by atoms with Gasteiger partial charge in [-0.15, -0.1) is 6.58 Å². The van der Waals surface area contributed by atoms with Crippen LogP contribution in [0.15, 0.2) is 134 Å². The first-order valence-electron chi connectivity index (χ1n) is 16.3. The largest absolute Gasteiger partial charge is 0.374 e. The second-order valence-electron chi connectivity index (χ2n) is 11.5. The standard InChI is InChI=1S/C40H46O6/c1-2-3-4-17-26-42-40-39(45-30-35-24-15-8-16-25-35)38(44-29-34-22-13-7-14-23-34)37(43-28-33-20-11-6-12-21-33)36(46-40)31-41-27-32-18-9-5-10-19-32/h2,5-16,18-25,36-40H,1,3-4,17,26-31H2/t36-,37-,38+,39-,40-/m1/s1. The van der Waals surface area contributed by atoms with E-state index in [0.29, 0.717) is 39.6 Å². The van der Waals surface area contributed by atoms with Crippen LogP contribution in [0.2, 0.25) is 0 Å². The minimum atomic E-state index is -0.671. The monoisotopic (exact) mass is 622 g/mol. The van der Waals surface area contributed by atoms with Crippen molar-refractivity contribution in [2.75, 3.05) is 13.2 Å². The topological polar surface area (TPSA) is 55.4 Å². The molecule has 6 nitrogen and oxygen atoms in total. The van der Waals surface area contributed by atoms with Gasteiger partial charge in [-0.3, -0.25) is 0 Å². The summed E-state index contributed by atoms with van der Waals surface area (Å²) in [7, 11) is 0. The van der Waals surface area contributed by atoms with Gasteiger partial charge in [-0.1, -0.05) is 127 Å². The van der Waals surface area contributed by atoms with Crippen molar-refractivity contribution < 1.29 is 28.4 Å². The second-order valence-corrected chi connectivity index (χ2v) is 11.5. The Morgan fingerprint density at radius 1 is 0.522 bits per heavy atom. The van der Waals surface area contributed by atoms with E-state index in [-0.39, 0.29) is 0 Å². The van der Waals surface area contributed by atoms with E-state index in [4.69, 9.17) is 28.4 Å². The van der Waals surface area contributed by atoms with E-state index < -0.39 is 30.7 Å². The summed E-state index contributed by atoms with van der Waals surface area (Å²) >= 11 is 0. The van der Waals surface area contributed by atoms with Gasteiger partial charge in [0.05, 0.1) is 33.0 Å². The zero-order valence-electron chi connectivity index (χ0n) is 26.5. The molecule has 5 rings (SSSR count). The molecule has 0 N–H and O–H groups in total. The molecule has 1 aliphatic heterocycles. The number of rotatable bonds is 19. The third-order valence-electron chi connectivity index (χ3n) is 7.93. The Balaban J connectivity index is 1.41. The van der Waals surface area contributed by atoms with Crippen molar-refractivity contribution in [3.8, 4) is 0 Å². The van der Waals surface area contributed by atoms with Gasteiger partial charge < -0.3 is 28.4 Å². The zero-order chi connectivity index (χ0) is 31.7. The van der Waals surface area contributed by atoms with Crippen LogP contribution in [0.1, 0.15) is 41.5 Å². The predicted octanol–water partition coefficient (Wildman–Crippen LogP) is 8.06. The number of hydrogen-bond donors (Lipinski definition) is 0. The van der Waals surface area contributed by atoms with Crippen LogP contribution < -0.4 is 0 Å². The van der Waals surface area contributed by atoms with Crippen molar-refractivity contribution in [1.82, 2.24) is 0 Å². The van der Waals surface area contributed by atoms with Crippen molar-refractivity contribution in [3.05, 3.63) is 156 Å². The van der Waals surface area contributed by atoms with Crippen LogP contribution >= 0.6 is 0 Å². The molecule has 4 aromatic rings. The minimum absolute atomic E-state index is 0.307.